The molecule has 1 aliphatic rings. The molecule has 0 radical (unpaired) electrons. The molecule has 7 nitrogen and oxygen atoms in total. The molecule has 38 heavy (non-hydrogen) atoms. The smallest absolute Gasteiger partial charge is 0.433 e. The lowest BCUT2D eigenvalue weighted by Crippen LogP contribution is -2.45. The molecule has 1 N–H and O–H groups in total. The van der Waals surface area contributed by atoms with Gasteiger partial charge in [0.25, 0.3) is 10.0 Å². The van der Waals surface area contributed by atoms with Crippen LogP contribution in [0.1, 0.15) is 24.1 Å². The molecule has 1 fully saturated rings. The summed E-state index contributed by atoms with van der Waals surface area (Å²) in [5.74, 6) is -1.12. The Kier molecular flexibility index (Phi) is 6.70. The summed E-state index contributed by atoms with van der Waals surface area (Å²) in [5, 5.41) is 2.34. The number of furan rings is 1. The molecule has 0 bridgehead atoms. The molecule has 0 saturated carbocycles. The van der Waals surface area contributed by atoms with Crippen molar-refractivity contribution in [2.45, 2.75) is 36.7 Å². The van der Waals surface area contributed by atoms with Crippen LogP contribution < -0.4 is 5.32 Å². The Morgan fingerprint density at radius 1 is 1.08 bits per heavy atom. The standard InChI is InChI=1S/C26H21F4N3O4S/c27-20-6-2-8-22-19(20)13-24(37-22)38(35,36)33-11-3-7-21(33)25(34)32-14-16-4-1-5-17(12-16)18-9-10-23(31-15-18)26(28,29)30/h1-2,4-6,8-10,12-13,15,21H,3,7,11,14H2,(H,32,34). The van der Waals surface area contributed by atoms with Crippen LogP contribution >= 0.6 is 0 Å². The van der Waals surface area contributed by atoms with Crippen LogP contribution in [0.2, 0.25) is 0 Å². The molecular weight excluding hydrogens is 526 g/mol. The zero-order valence-corrected chi connectivity index (χ0v) is 20.5. The van der Waals surface area contributed by atoms with Crippen molar-refractivity contribution in [3.8, 4) is 11.1 Å². The highest BCUT2D eigenvalue weighted by Crippen LogP contribution is 2.32. The molecule has 4 aromatic rings. The Bertz CT molecular complexity index is 1600. The van der Waals surface area contributed by atoms with Crippen LogP contribution in [0.3, 0.4) is 0 Å². The van der Waals surface area contributed by atoms with E-state index in [0.29, 0.717) is 29.5 Å². The molecule has 5 rings (SSSR count). The first kappa shape index (κ1) is 25.9. The normalized spacial score (nSPS) is 16.7. The SMILES string of the molecule is O=C(NCc1cccc(-c2ccc(C(F)(F)F)nc2)c1)C1CCCN1S(=O)(=O)c1cc2c(F)cccc2o1. The number of nitrogens with one attached hydrogen (secondary N) is 1. The van der Waals surface area contributed by atoms with Gasteiger partial charge in [-0.05, 0) is 48.2 Å². The van der Waals surface area contributed by atoms with Gasteiger partial charge in [-0.25, -0.2) is 12.8 Å². The van der Waals surface area contributed by atoms with Crippen molar-refractivity contribution >= 4 is 26.9 Å². The summed E-state index contributed by atoms with van der Waals surface area (Å²) in [6, 6.07) is 13.3. The average molecular weight is 548 g/mol. The number of hydrogen-bond donors (Lipinski definition) is 1. The number of rotatable bonds is 6. The fourth-order valence-corrected chi connectivity index (χ4v) is 6.03. The van der Waals surface area contributed by atoms with Crippen LogP contribution in [0.25, 0.3) is 22.1 Å². The molecule has 198 valence electrons. The minimum atomic E-state index is -4.53. The number of carbonyl (C=O) groups is 1. The number of amides is 1. The molecule has 1 aliphatic heterocycles. The van der Waals surface area contributed by atoms with Crippen LogP contribution in [0.15, 0.2) is 76.4 Å². The first-order valence-electron chi connectivity index (χ1n) is 11.6. The van der Waals surface area contributed by atoms with Gasteiger partial charge in [-0.1, -0.05) is 30.3 Å². The predicted molar refractivity (Wildman–Crippen MR) is 130 cm³/mol. The minimum absolute atomic E-state index is 0.0365. The number of fused-ring (bicyclic) bond motifs is 1. The second-order valence-electron chi connectivity index (χ2n) is 8.84. The van der Waals surface area contributed by atoms with Gasteiger partial charge in [0, 0.05) is 30.9 Å². The van der Waals surface area contributed by atoms with E-state index in [1.54, 1.807) is 24.3 Å². The number of sulfonamides is 1. The van der Waals surface area contributed by atoms with Gasteiger partial charge in [-0.3, -0.25) is 9.78 Å². The van der Waals surface area contributed by atoms with Gasteiger partial charge in [0.2, 0.25) is 11.0 Å². The van der Waals surface area contributed by atoms with E-state index in [4.69, 9.17) is 4.42 Å². The second-order valence-corrected chi connectivity index (χ2v) is 10.7. The predicted octanol–water partition coefficient (Wildman–Crippen LogP) is 5.12. The molecule has 12 heteroatoms. The lowest BCUT2D eigenvalue weighted by molar-refractivity contribution is -0.141. The Morgan fingerprint density at radius 3 is 2.58 bits per heavy atom. The summed E-state index contributed by atoms with van der Waals surface area (Å²) in [4.78, 5) is 16.5. The number of aromatic nitrogens is 1. The molecule has 1 amide bonds. The average Bonchev–Trinajstić information content (AvgIpc) is 3.56. The third-order valence-electron chi connectivity index (χ3n) is 6.34. The number of benzene rings is 2. The second kappa shape index (κ2) is 9.84. The maximum absolute atomic E-state index is 14.1. The fourth-order valence-electron chi connectivity index (χ4n) is 4.43. The van der Waals surface area contributed by atoms with Gasteiger partial charge < -0.3 is 9.73 Å². The molecule has 0 aliphatic carbocycles. The Hall–Kier alpha value is -3.77. The van der Waals surface area contributed by atoms with Gasteiger partial charge in [0.1, 0.15) is 23.1 Å². The lowest BCUT2D eigenvalue weighted by atomic mass is 10.0. The number of halogens is 4. The van der Waals surface area contributed by atoms with Crippen LogP contribution in [0, 0.1) is 5.82 Å². The molecule has 2 aromatic carbocycles. The Balaban J connectivity index is 1.29. The van der Waals surface area contributed by atoms with Crippen molar-refractivity contribution in [2.75, 3.05) is 6.54 Å². The molecule has 2 aromatic heterocycles. The number of carbonyl (C=O) groups excluding carboxylic acids is 1. The fraction of sp³-hybridized carbons (Fsp3) is 0.231. The summed E-state index contributed by atoms with van der Waals surface area (Å²) in [7, 11) is -4.20. The molecule has 3 heterocycles. The molecule has 1 saturated heterocycles. The van der Waals surface area contributed by atoms with E-state index in [0.717, 1.165) is 22.6 Å². The maximum Gasteiger partial charge on any atom is 0.433 e. The van der Waals surface area contributed by atoms with Gasteiger partial charge in [-0.2, -0.15) is 17.5 Å². The summed E-state index contributed by atoms with van der Waals surface area (Å²) in [6.07, 6.45) is -2.64. The quantitative estimate of drug-likeness (QED) is 0.338. The van der Waals surface area contributed by atoms with Crippen molar-refractivity contribution in [1.82, 2.24) is 14.6 Å². The number of pyridine rings is 1. The zero-order valence-electron chi connectivity index (χ0n) is 19.7. The van der Waals surface area contributed by atoms with E-state index in [1.165, 1.54) is 24.3 Å². The Morgan fingerprint density at radius 2 is 1.87 bits per heavy atom. The van der Waals surface area contributed by atoms with E-state index < -0.39 is 44.8 Å². The summed E-state index contributed by atoms with van der Waals surface area (Å²) < 4.78 is 85.4. The van der Waals surface area contributed by atoms with E-state index in [-0.39, 0.29) is 24.1 Å². The van der Waals surface area contributed by atoms with Crippen molar-refractivity contribution in [3.05, 3.63) is 83.9 Å². The summed E-state index contributed by atoms with van der Waals surface area (Å²) in [6.45, 7) is 0.178. The third-order valence-corrected chi connectivity index (χ3v) is 8.10. The maximum atomic E-state index is 14.1. The first-order chi connectivity index (χ1) is 18.0. The lowest BCUT2D eigenvalue weighted by Gasteiger charge is -2.22. The van der Waals surface area contributed by atoms with Gasteiger partial charge >= 0.3 is 6.18 Å². The van der Waals surface area contributed by atoms with Crippen molar-refractivity contribution in [1.29, 1.82) is 0 Å². The van der Waals surface area contributed by atoms with E-state index in [9.17, 15) is 30.8 Å². The third kappa shape index (κ3) is 5.01. The largest absolute Gasteiger partial charge is 0.443 e. The monoisotopic (exact) mass is 547 g/mol. The molecule has 0 spiro atoms. The van der Waals surface area contributed by atoms with Gasteiger partial charge in [0.05, 0.1) is 5.39 Å². The van der Waals surface area contributed by atoms with Crippen LogP contribution in [0.4, 0.5) is 17.6 Å². The molecule has 1 atom stereocenters. The number of alkyl halides is 3. The molecule has 1 unspecified atom stereocenters. The van der Waals surface area contributed by atoms with Crippen molar-refractivity contribution in [2.24, 2.45) is 0 Å². The van der Waals surface area contributed by atoms with Gasteiger partial charge in [-0.15, -0.1) is 0 Å². The highest BCUT2D eigenvalue weighted by atomic mass is 32.2. The highest BCUT2D eigenvalue weighted by Gasteiger charge is 2.41. The first-order valence-corrected chi connectivity index (χ1v) is 13.1. The van der Waals surface area contributed by atoms with Crippen LogP contribution in [-0.4, -0.2) is 36.2 Å². The topological polar surface area (TPSA) is 92.5 Å². The van der Waals surface area contributed by atoms with Crippen molar-refractivity contribution in [3.63, 3.8) is 0 Å². The van der Waals surface area contributed by atoms with Crippen molar-refractivity contribution < 1.29 is 35.2 Å². The van der Waals surface area contributed by atoms with E-state index in [1.807, 2.05) is 0 Å². The summed E-state index contributed by atoms with van der Waals surface area (Å²) >= 11 is 0. The summed E-state index contributed by atoms with van der Waals surface area (Å²) in [5.41, 5.74) is 0.845. The zero-order chi connectivity index (χ0) is 27.1. The van der Waals surface area contributed by atoms with Crippen LogP contribution in [-0.2, 0) is 27.5 Å². The van der Waals surface area contributed by atoms with E-state index in [2.05, 4.69) is 10.3 Å². The van der Waals surface area contributed by atoms with Gasteiger partial charge in [0.15, 0.2) is 0 Å². The molecular formula is C26H21F4N3O4S. The highest BCUT2D eigenvalue weighted by molar-refractivity contribution is 7.89. The van der Waals surface area contributed by atoms with Crippen LogP contribution in [0.5, 0.6) is 0 Å². The Labute approximate surface area is 215 Å². The number of nitrogens with zero attached hydrogens (tertiary/aromatic N) is 2. The minimum Gasteiger partial charge on any atom is -0.443 e. The van der Waals surface area contributed by atoms with E-state index >= 15 is 0 Å². The number of hydrogen-bond acceptors (Lipinski definition) is 5.